The van der Waals surface area contributed by atoms with E-state index in [1.54, 1.807) is 18.2 Å². The molecule has 0 spiro atoms. The monoisotopic (exact) mass is 280 g/mol. The highest BCUT2D eigenvalue weighted by atomic mass is 35.5. The Balaban J connectivity index is 2.06. The number of aliphatic hydroxyl groups excluding tert-OH is 1. The number of aromatic nitrogens is 2. The first-order valence-corrected chi connectivity index (χ1v) is 5.96. The Labute approximate surface area is 115 Å². The van der Waals surface area contributed by atoms with E-state index in [0.29, 0.717) is 11.6 Å². The standard InChI is InChI=1S/C12H13ClN4O2/c13-10-7-11(17-12(14)16-10)15-8-1-3-9(4-2-8)19-6-5-18/h1-4,7,18H,5-6H2,(H3,14,15,16,17). The number of hydrogen-bond acceptors (Lipinski definition) is 6. The van der Waals surface area contributed by atoms with Gasteiger partial charge < -0.3 is 20.9 Å². The molecule has 0 radical (unpaired) electrons. The number of nitrogens with one attached hydrogen (secondary N) is 1. The van der Waals surface area contributed by atoms with E-state index in [2.05, 4.69) is 15.3 Å². The maximum Gasteiger partial charge on any atom is 0.223 e. The number of benzene rings is 1. The molecule has 1 aromatic heterocycles. The summed E-state index contributed by atoms with van der Waals surface area (Å²) in [4.78, 5) is 7.78. The molecule has 0 bridgehead atoms. The van der Waals surface area contributed by atoms with Crippen LogP contribution in [0.2, 0.25) is 5.15 Å². The molecular weight excluding hydrogens is 268 g/mol. The molecule has 19 heavy (non-hydrogen) atoms. The van der Waals surface area contributed by atoms with Gasteiger partial charge in [-0.15, -0.1) is 0 Å². The fourth-order valence-electron chi connectivity index (χ4n) is 1.45. The van der Waals surface area contributed by atoms with Crippen LogP contribution in [0.1, 0.15) is 0 Å². The third kappa shape index (κ3) is 3.97. The van der Waals surface area contributed by atoms with Gasteiger partial charge in [-0.1, -0.05) is 11.6 Å². The number of anilines is 3. The number of nitrogens with two attached hydrogens (primary N) is 1. The SMILES string of the molecule is Nc1nc(Cl)cc(Nc2ccc(OCCO)cc2)n1. The Morgan fingerprint density at radius 2 is 2.00 bits per heavy atom. The Hall–Kier alpha value is -2.05. The van der Waals surface area contributed by atoms with E-state index < -0.39 is 0 Å². The minimum absolute atomic E-state index is 0.0152. The van der Waals surface area contributed by atoms with E-state index in [1.807, 2.05) is 12.1 Å². The number of hydrogen-bond donors (Lipinski definition) is 3. The summed E-state index contributed by atoms with van der Waals surface area (Å²) in [6, 6.07) is 8.78. The molecule has 0 aliphatic carbocycles. The Bertz CT molecular complexity index is 528. The predicted octanol–water partition coefficient (Wildman–Crippen LogP) is 1.83. The zero-order valence-electron chi connectivity index (χ0n) is 10.0. The number of halogens is 1. The second-order valence-corrected chi connectivity index (χ2v) is 4.04. The van der Waals surface area contributed by atoms with Crippen molar-refractivity contribution in [2.75, 3.05) is 24.3 Å². The average molecular weight is 281 g/mol. The maximum atomic E-state index is 8.65. The summed E-state index contributed by atoms with van der Waals surface area (Å²) < 4.78 is 5.25. The molecule has 1 aromatic carbocycles. The molecule has 0 atom stereocenters. The van der Waals surface area contributed by atoms with Gasteiger partial charge in [-0.05, 0) is 24.3 Å². The van der Waals surface area contributed by atoms with Crippen LogP contribution in [0, 0.1) is 0 Å². The van der Waals surface area contributed by atoms with Gasteiger partial charge in [0.15, 0.2) is 0 Å². The summed E-state index contributed by atoms with van der Waals surface area (Å²) >= 11 is 5.78. The zero-order valence-corrected chi connectivity index (χ0v) is 10.8. The van der Waals surface area contributed by atoms with Gasteiger partial charge in [0.1, 0.15) is 23.3 Å². The third-order valence-corrected chi connectivity index (χ3v) is 2.39. The van der Waals surface area contributed by atoms with Crippen LogP contribution in [0.15, 0.2) is 30.3 Å². The highest BCUT2D eigenvalue weighted by Crippen LogP contribution is 2.20. The van der Waals surface area contributed by atoms with Gasteiger partial charge in [-0.2, -0.15) is 4.98 Å². The minimum Gasteiger partial charge on any atom is -0.491 e. The van der Waals surface area contributed by atoms with Crippen LogP contribution >= 0.6 is 11.6 Å². The number of rotatable bonds is 5. The lowest BCUT2D eigenvalue weighted by Crippen LogP contribution is -2.02. The van der Waals surface area contributed by atoms with Crippen molar-refractivity contribution in [2.24, 2.45) is 0 Å². The molecule has 100 valence electrons. The Morgan fingerprint density at radius 3 is 2.63 bits per heavy atom. The first-order valence-electron chi connectivity index (χ1n) is 5.58. The molecule has 0 aliphatic rings. The predicted molar refractivity (Wildman–Crippen MR) is 73.8 cm³/mol. The molecule has 0 fully saturated rings. The molecule has 1 heterocycles. The quantitative estimate of drug-likeness (QED) is 0.724. The highest BCUT2D eigenvalue weighted by Gasteiger charge is 2.01. The fraction of sp³-hybridized carbons (Fsp3) is 0.167. The highest BCUT2D eigenvalue weighted by molar-refractivity contribution is 6.29. The van der Waals surface area contributed by atoms with Crippen LogP contribution in [0.4, 0.5) is 17.5 Å². The van der Waals surface area contributed by atoms with Crippen LogP contribution in [-0.2, 0) is 0 Å². The van der Waals surface area contributed by atoms with Gasteiger partial charge in [-0.3, -0.25) is 0 Å². The largest absolute Gasteiger partial charge is 0.491 e. The van der Waals surface area contributed by atoms with E-state index in [9.17, 15) is 0 Å². The van der Waals surface area contributed by atoms with Gasteiger partial charge in [0.25, 0.3) is 0 Å². The van der Waals surface area contributed by atoms with Crippen LogP contribution in [-0.4, -0.2) is 28.3 Å². The molecule has 7 heteroatoms. The number of ether oxygens (including phenoxy) is 1. The average Bonchev–Trinajstić information content (AvgIpc) is 2.37. The first kappa shape index (κ1) is 13.4. The molecule has 2 aromatic rings. The minimum atomic E-state index is -0.0152. The summed E-state index contributed by atoms with van der Waals surface area (Å²) in [7, 11) is 0. The van der Waals surface area contributed by atoms with E-state index in [-0.39, 0.29) is 24.3 Å². The van der Waals surface area contributed by atoms with E-state index >= 15 is 0 Å². The topological polar surface area (TPSA) is 93.3 Å². The van der Waals surface area contributed by atoms with Crippen molar-refractivity contribution in [1.82, 2.24) is 9.97 Å². The van der Waals surface area contributed by atoms with Crippen molar-refractivity contribution in [3.63, 3.8) is 0 Å². The van der Waals surface area contributed by atoms with Crippen molar-refractivity contribution in [3.8, 4) is 5.75 Å². The zero-order chi connectivity index (χ0) is 13.7. The van der Waals surface area contributed by atoms with Crippen molar-refractivity contribution in [3.05, 3.63) is 35.5 Å². The van der Waals surface area contributed by atoms with Crippen molar-refractivity contribution >= 4 is 29.1 Å². The molecule has 0 amide bonds. The molecule has 4 N–H and O–H groups in total. The molecular formula is C12H13ClN4O2. The van der Waals surface area contributed by atoms with Crippen LogP contribution in [0.3, 0.4) is 0 Å². The first-order chi connectivity index (χ1) is 9.17. The summed E-state index contributed by atoms with van der Waals surface area (Å²) in [5.74, 6) is 1.30. The van der Waals surface area contributed by atoms with E-state index in [1.165, 1.54) is 0 Å². The molecule has 0 aliphatic heterocycles. The van der Waals surface area contributed by atoms with Crippen molar-refractivity contribution in [1.29, 1.82) is 0 Å². The lowest BCUT2D eigenvalue weighted by molar-refractivity contribution is 0.201. The molecule has 0 saturated heterocycles. The van der Waals surface area contributed by atoms with Crippen molar-refractivity contribution < 1.29 is 9.84 Å². The third-order valence-electron chi connectivity index (χ3n) is 2.20. The lowest BCUT2D eigenvalue weighted by Gasteiger charge is -2.08. The van der Waals surface area contributed by atoms with Gasteiger partial charge in [-0.25, -0.2) is 4.98 Å². The molecule has 0 unspecified atom stereocenters. The van der Waals surface area contributed by atoms with Gasteiger partial charge in [0, 0.05) is 11.8 Å². The van der Waals surface area contributed by atoms with E-state index in [0.717, 1.165) is 5.69 Å². The van der Waals surface area contributed by atoms with Gasteiger partial charge in [0.2, 0.25) is 5.95 Å². The lowest BCUT2D eigenvalue weighted by atomic mass is 10.3. The van der Waals surface area contributed by atoms with Crippen LogP contribution in [0.25, 0.3) is 0 Å². The van der Waals surface area contributed by atoms with Gasteiger partial charge in [0.05, 0.1) is 6.61 Å². The normalized spacial score (nSPS) is 10.2. The maximum absolute atomic E-state index is 8.65. The number of nitrogens with zero attached hydrogens (tertiary/aromatic N) is 2. The van der Waals surface area contributed by atoms with E-state index in [4.69, 9.17) is 27.2 Å². The molecule has 2 rings (SSSR count). The van der Waals surface area contributed by atoms with Crippen molar-refractivity contribution in [2.45, 2.75) is 0 Å². The second kappa shape index (κ2) is 6.21. The number of nitrogen functional groups attached to an aromatic ring is 1. The smallest absolute Gasteiger partial charge is 0.223 e. The summed E-state index contributed by atoms with van der Waals surface area (Å²) in [5, 5.41) is 12.0. The molecule has 6 nitrogen and oxygen atoms in total. The molecule has 0 saturated carbocycles. The second-order valence-electron chi connectivity index (χ2n) is 3.66. The number of aliphatic hydroxyl groups is 1. The summed E-state index contributed by atoms with van der Waals surface area (Å²) in [5.41, 5.74) is 6.31. The Kier molecular flexibility index (Phi) is 4.38. The van der Waals surface area contributed by atoms with Crippen LogP contribution < -0.4 is 15.8 Å². The summed E-state index contributed by atoms with van der Waals surface area (Å²) in [6.07, 6.45) is 0. The Morgan fingerprint density at radius 1 is 1.26 bits per heavy atom. The van der Waals surface area contributed by atoms with Crippen LogP contribution in [0.5, 0.6) is 5.75 Å². The van der Waals surface area contributed by atoms with Gasteiger partial charge >= 0.3 is 0 Å². The summed E-state index contributed by atoms with van der Waals surface area (Å²) in [6.45, 7) is 0.254. The fourth-order valence-corrected chi connectivity index (χ4v) is 1.64.